The van der Waals surface area contributed by atoms with Crippen molar-refractivity contribution in [3.63, 3.8) is 0 Å². The molecule has 1 aromatic carbocycles. The number of rotatable bonds is 4. The second-order valence-electron chi connectivity index (χ2n) is 4.18. The lowest BCUT2D eigenvalue weighted by molar-refractivity contribution is 0.415. The first kappa shape index (κ1) is 12.7. The molecule has 0 fully saturated rings. The maximum Gasteiger partial charge on any atom is 0.122 e. The van der Waals surface area contributed by atoms with Gasteiger partial charge in [0.05, 0.1) is 24.9 Å². The van der Waals surface area contributed by atoms with Gasteiger partial charge in [-0.3, -0.25) is 0 Å². The molecule has 0 saturated carbocycles. The van der Waals surface area contributed by atoms with Crippen molar-refractivity contribution in [1.82, 2.24) is 4.98 Å². The molecule has 0 unspecified atom stereocenters. The van der Waals surface area contributed by atoms with Crippen LogP contribution in [0.2, 0.25) is 0 Å². The van der Waals surface area contributed by atoms with Crippen LogP contribution in [0, 0.1) is 6.92 Å². The lowest BCUT2D eigenvalue weighted by Gasteiger charge is -2.20. The fourth-order valence-electron chi connectivity index (χ4n) is 1.73. The van der Waals surface area contributed by atoms with Gasteiger partial charge in [0.2, 0.25) is 0 Å². The zero-order chi connectivity index (χ0) is 13.1. The first-order valence-corrected chi connectivity index (χ1v) is 6.52. The highest BCUT2D eigenvalue weighted by Gasteiger charge is 2.08. The van der Waals surface area contributed by atoms with E-state index in [0.29, 0.717) is 5.69 Å². The van der Waals surface area contributed by atoms with E-state index in [2.05, 4.69) is 9.88 Å². The van der Waals surface area contributed by atoms with Crippen molar-refractivity contribution >= 4 is 22.7 Å². The Morgan fingerprint density at radius 1 is 1.39 bits per heavy atom. The van der Waals surface area contributed by atoms with E-state index in [1.54, 1.807) is 18.4 Å². The lowest BCUT2D eigenvalue weighted by Crippen LogP contribution is -2.16. The maximum absolute atomic E-state index is 5.86. The number of anilines is 2. The minimum absolute atomic E-state index is 0.706. The van der Waals surface area contributed by atoms with E-state index in [-0.39, 0.29) is 0 Å². The Hall–Kier alpha value is -1.75. The third-order valence-corrected chi connectivity index (χ3v) is 3.74. The molecule has 0 bridgehead atoms. The average Bonchev–Trinajstić information content (AvgIpc) is 2.74. The summed E-state index contributed by atoms with van der Waals surface area (Å²) in [6.07, 6.45) is 0. The molecule has 0 amide bonds. The number of aromatic nitrogens is 1. The van der Waals surface area contributed by atoms with Crippen LogP contribution in [-0.2, 0) is 6.54 Å². The third-order valence-electron chi connectivity index (χ3n) is 2.82. The van der Waals surface area contributed by atoms with Gasteiger partial charge in [0.15, 0.2) is 0 Å². The number of aryl methyl sites for hydroxylation is 1. The molecule has 4 nitrogen and oxygen atoms in total. The maximum atomic E-state index is 5.86. The van der Waals surface area contributed by atoms with Gasteiger partial charge in [-0.15, -0.1) is 11.3 Å². The standard InChI is InChI=1S/C13H17N3OS/c1-9-13(18-8-15-9)7-16(2)11-4-10(14)5-12(6-11)17-3/h4-6,8H,7,14H2,1-3H3. The monoisotopic (exact) mass is 263 g/mol. The van der Waals surface area contributed by atoms with Crippen molar-refractivity contribution < 1.29 is 4.74 Å². The molecule has 96 valence electrons. The van der Waals surface area contributed by atoms with E-state index >= 15 is 0 Å². The molecule has 5 heteroatoms. The van der Waals surface area contributed by atoms with E-state index in [1.165, 1.54) is 4.88 Å². The molecule has 1 heterocycles. The van der Waals surface area contributed by atoms with Crippen LogP contribution in [0.15, 0.2) is 23.7 Å². The molecule has 0 spiro atoms. The van der Waals surface area contributed by atoms with Crippen molar-refractivity contribution in [2.24, 2.45) is 0 Å². The van der Waals surface area contributed by atoms with Gasteiger partial charge in [-0.25, -0.2) is 4.98 Å². The summed E-state index contributed by atoms with van der Waals surface area (Å²) < 4.78 is 5.23. The summed E-state index contributed by atoms with van der Waals surface area (Å²) in [4.78, 5) is 7.66. The van der Waals surface area contributed by atoms with E-state index < -0.39 is 0 Å². The molecule has 2 N–H and O–H groups in total. The summed E-state index contributed by atoms with van der Waals surface area (Å²) >= 11 is 1.67. The van der Waals surface area contributed by atoms with Crippen LogP contribution in [0.3, 0.4) is 0 Å². The highest BCUT2D eigenvalue weighted by molar-refractivity contribution is 7.09. The number of methoxy groups -OCH3 is 1. The highest BCUT2D eigenvalue weighted by Crippen LogP contribution is 2.26. The largest absolute Gasteiger partial charge is 0.497 e. The number of hydrogen-bond acceptors (Lipinski definition) is 5. The zero-order valence-corrected chi connectivity index (χ0v) is 11.6. The van der Waals surface area contributed by atoms with Gasteiger partial charge in [-0.2, -0.15) is 0 Å². The second-order valence-corrected chi connectivity index (χ2v) is 5.12. The Morgan fingerprint density at radius 2 is 2.17 bits per heavy atom. The van der Waals surface area contributed by atoms with E-state index in [1.807, 2.05) is 37.7 Å². The number of hydrogen-bond donors (Lipinski definition) is 1. The van der Waals surface area contributed by atoms with Crippen LogP contribution < -0.4 is 15.4 Å². The summed E-state index contributed by atoms with van der Waals surface area (Å²) in [7, 11) is 3.68. The van der Waals surface area contributed by atoms with E-state index in [4.69, 9.17) is 10.5 Å². The average molecular weight is 263 g/mol. The Balaban J connectivity index is 2.20. The Labute approximate surface area is 111 Å². The Bertz CT molecular complexity index is 539. The number of thiazole rings is 1. The van der Waals surface area contributed by atoms with Gasteiger partial charge in [-0.1, -0.05) is 0 Å². The summed E-state index contributed by atoms with van der Waals surface area (Å²) in [6, 6.07) is 5.74. The molecular formula is C13H17N3OS. The minimum Gasteiger partial charge on any atom is -0.497 e. The zero-order valence-electron chi connectivity index (χ0n) is 10.8. The summed E-state index contributed by atoms with van der Waals surface area (Å²) in [5.41, 5.74) is 10.6. The first-order valence-electron chi connectivity index (χ1n) is 5.65. The van der Waals surface area contributed by atoms with Crippen LogP contribution >= 0.6 is 11.3 Å². The van der Waals surface area contributed by atoms with Gasteiger partial charge in [0.25, 0.3) is 0 Å². The number of nitrogens with two attached hydrogens (primary N) is 1. The molecule has 2 rings (SSSR count). The molecule has 0 saturated heterocycles. The SMILES string of the molecule is COc1cc(N)cc(N(C)Cc2scnc2C)c1. The second kappa shape index (κ2) is 5.27. The summed E-state index contributed by atoms with van der Waals surface area (Å²) in [6.45, 7) is 2.85. The lowest BCUT2D eigenvalue weighted by atomic mass is 10.2. The van der Waals surface area contributed by atoms with Crippen LogP contribution in [0.25, 0.3) is 0 Å². The van der Waals surface area contributed by atoms with Gasteiger partial charge < -0.3 is 15.4 Å². The molecule has 0 aliphatic rings. The molecular weight excluding hydrogens is 246 g/mol. The van der Waals surface area contributed by atoms with E-state index in [0.717, 1.165) is 23.7 Å². The Kier molecular flexibility index (Phi) is 3.72. The first-order chi connectivity index (χ1) is 8.60. The van der Waals surface area contributed by atoms with Crippen molar-refractivity contribution in [3.05, 3.63) is 34.3 Å². The van der Waals surface area contributed by atoms with Crippen LogP contribution in [-0.4, -0.2) is 19.1 Å². The smallest absolute Gasteiger partial charge is 0.122 e. The normalized spacial score (nSPS) is 10.4. The molecule has 0 radical (unpaired) electrons. The predicted molar refractivity (Wildman–Crippen MR) is 76.4 cm³/mol. The van der Waals surface area contributed by atoms with Crippen molar-refractivity contribution in [3.8, 4) is 5.75 Å². The number of nitrogen functional groups attached to an aromatic ring is 1. The van der Waals surface area contributed by atoms with Crippen molar-refractivity contribution in [1.29, 1.82) is 0 Å². The number of ether oxygens (including phenoxy) is 1. The van der Waals surface area contributed by atoms with Crippen molar-refractivity contribution in [2.75, 3.05) is 24.8 Å². The van der Waals surface area contributed by atoms with Crippen LogP contribution in [0.5, 0.6) is 5.75 Å². The molecule has 18 heavy (non-hydrogen) atoms. The van der Waals surface area contributed by atoms with Gasteiger partial charge >= 0.3 is 0 Å². The molecule has 2 aromatic rings. The highest BCUT2D eigenvalue weighted by atomic mass is 32.1. The number of nitrogens with zero attached hydrogens (tertiary/aromatic N) is 2. The molecule has 0 aliphatic carbocycles. The fourth-order valence-corrected chi connectivity index (χ4v) is 2.56. The minimum atomic E-state index is 0.706. The predicted octanol–water partition coefficient (Wildman–Crippen LogP) is 2.68. The fraction of sp³-hybridized carbons (Fsp3) is 0.308. The van der Waals surface area contributed by atoms with Gasteiger partial charge in [0.1, 0.15) is 5.75 Å². The van der Waals surface area contributed by atoms with Gasteiger partial charge in [0, 0.05) is 35.4 Å². The Morgan fingerprint density at radius 3 is 2.78 bits per heavy atom. The topological polar surface area (TPSA) is 51.4 Å². The molecule has 0 aliphatic heterocycles. The summed E-state index contributed by atoms with van der Waals surface area (Å²) in [5, 5.41) is 0. The summed E-state index contributed by atoms with van der Waals surface area (Å²) in [5.74, 6) is 0.776. The van der Waals surface area contributed by atoms with Gasteiger partial charge in [-0.05, 0) is 13.0 Å². The van der Waals surface area contributed by atoms with Crippen LogP contribution in [0.4, 0.5) is 11.4 Å². The van der Waals surface area contributed by atoms with Crippen LogP contribution in [0.1, 0.15) is 10.6 Å². The molecule has 1 aromatic heterocycles. The van der Waals surface area contributed by atoms with E-state index in [9.17, 15) is 0 Å². The molecule has 0 atom stereocenters. The third kappa shape index (κ3) is 2.73. The number of benzene rings is 1. The quantitative estimate of drug-likeness (QED) is 0.862. The van der Waals surface area contributed by atoms with Crippen molar-refractivity contribution in [2.45, 2.75) is 13.5 Å².